The average molecular weight is 481 g/mol. The van der Waals surface area contributed by atoms with Crippen LogP contribution in [-0.2, 0) is 4.57 Å². The zero-order valence-electron chi connectivity index (χ0n) is 19.0. The summed E-state index contributed by atoms with van der Waals surface area (Å²) < 4.78 is 29.6. The van der Waals surface area contributed by atoms with Crippen LogP contribution in [0.25, 0.3) is 11.1 Å². The van der Waals surface area contributed by atoms with Crippen LogP contribution in [0, 0.1) is 0 Å². The highest BCUT2D eigenvalue weighted by atomic mass is 31.2. The Morgan fingerprint density at radius 2 is 0.571 bits per heavy atom. The van der Waals surface area contributed by atoms with Crippen molar-refractivity contribution in [3.63, 3.8) is 0 Å². The van der Waals surface area contributed by atoms with E-state index in [0.29, 0.717) is 17.2 Å². The van der Waals surface area contributed by atoms with Gasteiger partial charge in [-0.25, -0.2) is 0 Å². The fourth-order valence-corrected chi connectivity index (χ4v) is 4.40. The summed E-state index contributed by atoms with van der Waals surface area (Å²) in [5.41, 5.74) is 2.55. The molecule has 5 rings (SSSR count). The van der Waals surface area contributed by atoms with Gasteiger partial charge in [-0.3, -0.25) is 0 Å². The molecule has 0 aliphatic carbocycles. The van der Waals surface area contributed by atoms with Crippen molar-refractivity contribution < 1.29 is 18.1 Å². The summed E-state index contributed by atoms with van der Waals surface area (Å²) in [5.74, 6) is 1.22. The normalized spacial score (nSPS) is 10.4. The van der Waals surface area contributed by atoms with E-state index in [1.54, 1.807) is 72.8 Å². The lowest BCUT2D eigenvalue weighted by molar-refractivity contribution is 0.298. The molecule has 0 bridgehead atoms. The van der Waals surface area contributed by atoms with Crippen LogP contribution in [0.15, 0.2) is 152 Å². The second-order valence-electron chi connectivity index (χ2n) is 7.39. The molecule has 0 amide bonds. The lowest BCUT2D eigenvalue weighted by Crippen LogP contribution is -2.07. The van der Waals surface area contributed by atoms with E-state index in [1.807, 2.05) is 30.3 Å². The van der Waals surface area contributed by atoms with Gasteiger partial charge in [0.05, 0.1) is 0 Å². The zero-order valence-corrected chi connectivity index (χ0v) is 19.9. The lowest BCUT2D eigenvalue weighted by atomic mass is 10.1. The number of hydrogen-bond donors (Lipinski definition) is 0. The van der Waals surface area contributed by atoms with Crippen molar-refractivity contribution in [3.8, 4) is 28.4 Å². The summed E-state index contributed by atoms with van der Waals surface area (Å²) in [6.45, 7) is 0. The minimum Gasteiger partial charge on any atom is -0.386 e. The van der Waals surface area contributed by atoms with Crippen molar-refractivity contribution in [1.82, 2.24) is 0 Å². The molecule has 0 aliphatic heterocycles. The summed E-state index contributed by atoms with van der Waals surface area (Å²) in [6.07, 6.45) is 0. The van der Waals surface area contributed by atoms with Gasteiger partial charge in [0.25, 0.3) is 0 Å². The smallest absolute Gasteiger partial charge is 0.386 e. The van der Waals surface area contributed by atoms with Gasteiger partial charge in [-0.05, 0) is 47.5 Å². The minimum absolute atomic E-state index is 0.405. The Hall–Kier alpha value is -4.27. The first-order chi connectivity index (χ1) is 17.2. The molecule has 0 aromatic heterocycles. The number of phosphoric acid groups is 1. The monoisotopic (exact) mass is 480 g/mol. The van der Waals surface area contributed by atoms with E-state index in [1.165, 1.54) is 11.1 Å². The summed E-state index contributed by atoms with van der Waals surface area (Å²) in [4.78, 5) is 0. The molecule has 0 radical (unpaired) electrons. The van der Waals surface area contributed by atoms with Crippen molar-refractivity contribution in [2.75, 3.05) is 0 Å². The fourth-order valence-electron chi connectivity index (χ4n) is 3.15. The van der Waals surface area contributed by atoms with Crippen molar-refractivity contribution in [3.05, 3.63) is 152 Å². The molecule has 5 aromatic carbocycles. The summed E-state index contributed by atoms with van der Waals surface area (Å²) in [5, 5.41) is 0. The van der Waals surface area contributed by atoms with Crippen LogP contribution in [0.1, 0.15) is 0 Å². The van der Waals surface area contributed by atoms with E-state index < -0.39 is 7.82 Å². The molecule has 5 heteroatoms. The molecule has 5 aromatic rings. The Morgan fingerprint density at radius 3 is 0.829 bits per heavy atom. The molecule has 4 nitrogen and oxygen atoms in total. The van der Waals surface area contributed by atoms with Crippen LogP contribution in [-0.4, -0.2) is 0 Å². The minimum atomic E-state index is -3.89. The highest BCUT2D eigenvalue weighted by Gasteiger charge is 2.33. The molecule has 0 fully saturated rings. The van der Waals surface area contributed by atoms with Crippen LogP contribution in [0.3, 0.4) is 0 Å². The van der Waals surface area contributed by atoms with E-state index in [4.69, 9.17) is 13.6 Å². The number of hydrogen-bond acceptors (Lipinski definition) is 4. The Labute approximate surface area is 206 Å². The first-order valence-corrected chi connectivity index (χ1v) is 12.6. The predicted octanol–water partition coefficient (Wildman–Crippen LogP) is 8.69. The van der Waals surface area contributed by atoms with Gasteiger partial charge < -0.3 is 13.6 Å². The van der Waals surface area contributed by atoms with E-state index >= 15 is 0 Å². The molecule has 0 saturated heterocycles. The third-order valence-corrected chi connectivity index (χ3v) is 6.07. The van der Waals surface area contributed by atoms with Crippen LogP contribution in [0.2, 0.25) is 0 Å². The zero-order chi connectivity index (χ0) is 24.2. The third-order valence-electron chi connectivity index (χ3n) is 4.76. The number of phosphoric ester groups is 1. The maximum Gasteiger partial charge on any atom is 0.647 e. The Balaban J connectivity index is 0.000000201. The van der Waals surface area contributed by atoms with Gasteiger partial charge in [0, 0.05) is 0 Å². The highest BCUT2D eigenvalue weighted by molar-refractivity contribution is 7.49. The standard InChI is InChI=1S/C18H15O4P.C12H10/c19-23(20-16-10-4-1-5-11-16,21-17-12-6-2-7-13-17)22-18-14-8-3-9-15-18;1-3-7-11(8-4-1)12-9-5-2-6-10-12/h1-15H;1-10H. The number of para-hydroxylation sites is 3. The van der Waals surface area contributed by atoms with Gasteiger partial charge in [-0.2, -0.15) is 4.57 Å². The van der Waals surface area contributed by atoms with Gasteiger partial charge in [0.1, 0.15) is 17.2 Å². The fraction of sp³-hybridized carbons (Fsp3) is 0. The van der Waals surface area contributed by atoms with Crippen molar-refractivity contribution in [2.24, 2.45) is 0 Å². The molecule has 35 heavy (non-hydrogen) atoms. The first kappa shape index (κ1) is 23.9. The van der Waals surface area contributed by atoms with Crippen LogP contribution in [0.5, 0.6) is 17.2 Å². The first-order valence-electron chi connectivity index (χ1n) is 11.1. The third kappa shape index (κ3) is 7.63. The Bertz CT molecular complexity index is 1170. The predicted molar refractivity (Wildman–Crippen MR) is 141 cm³/mol. The largest absolute Gasteiger partial charge is 0.647 e. The van der Waals surface area contributed by atoms with Crippen LogP contribution >= 0.6 is 7.82 Å². The molecule has 0 atom stereocenters. The molecule has 0 unspecified atom stereocenters. The number of rotatable bonds is 7. The van der Waals surface area contributed by atoms with Gasteiger partial charge >= 0.3 is 7.82 Å². The Morgan fingerprint density at radius 1 is 0.343 bits per heavy atom. The molecule has 174 valence electrons. The average Bonchev–Trinajstić information content (AvgIpc) is 2.91. The summed E-state index contributed by atoms with van der Waals surface area (Å²) in [6, 6.07) is 47.1. The molecular formula is C30H25O4P. The Kier molecular flexibility index (Phi) is 8.37. The van der Waals surface area contributed by atoms with Crippen molar-refractivity contribution in [2.45, 2.75) is 0 Å². The number of benzene rings is 5. The van der Waals surface area contributed by atoms with E-state index in [0.717, 1.165) is 0 Å². The SMILES string of the molecule is O=P(Oc1ccccc1)(Oc1ccccc1)Oc1ccccc1.c1ccc(-c2ccccc2)cc1. The van der Waals surface area contributed by atoms with E-state index in [2.05, 4.69) is 48.5 Å². The summed E-state index contributed by atoms with van der Waals surface area (Å²) >= 11 is 0. The molecule has 0 N–H and O–H groups in total. The topological polar surface area (TPSA) is 44.8 Å². The van der Waals surface area contributed by atoms with Gasteiger partial charge in [-0.15, -0.1) is 0 Å². The molecule has 0 spiro atoms. The van der Waals surface area contributed by atoms with Gasteiger partial charge in [0.15, 0.2) is 0 Å². The maximum absolute atomic E-state index is 13.1. The van der Waals surface area contributed by atoms with Crippen molar-refractivity contribution >= 4 is 7.82 Å². The van der Waals surface area contributed by atoms with Gasteiger partial charge in [0.2, 0.25) is 0 Å². The second-order valence-corrected chi connectivity index (χ2v) is 8.83. The van der Waals surface area contributed by atoms with E-state index in [9.17, 15) is 4.57 Å². The maximum atomic E-state index is 13.1. The molecule has 0 saturated carbocycles. The second kappa shape index (κ2) is 12.3. The summed E-state index contributed by atoms with van der Waals surface area (Å²) in [7, 11) is -3.89. The molecule has 0 aliphatic rings. The van der Waals surface area contributed by atoms with Crippen molar-refractivity contribution in [1.29, 1.82) is 0 Å². The molecule has 0 heterocycles. The van der Waals surface area contributed by atoms with E-state index in [-0.39, 0.29) is 0 Å². The van der Waals surface area contributed by atoms with Gasteiger partial charge in [-0.1, -0.05) is 115 Å². The molecular weight excluding hydrogens is 455 g/mol. The lowest BCUT2D eigenvalue weighted by Gasteiger charge is -2.19. The highest BCUT2D eigenvalue weighted by Crippen LogP contribution is 2.49. The van der Waals surface area contributed by atoms with Crippen LogP contribution in [0.4, 0.5) is 0 Å². The van der Waals surface area contributed by atoms with Crippen LogP contribution < -0.4 is 13.6 Å². The quantitative estimate of drug-likeness (QED) is 0.219.